The molecule has 1 aliphatic carbocycles. The van der Waals surface area contributed by atoms with E-state index in [-0.39, 0.29) is 5.91 Å². The van der Waals surface area contributed by atoms with E-state index in [1.807, 2.05) is 0 Å². The smallest absolute Gasteiger partial charge is 0.275 e. The largest absolute Gasteiger partial charge is 0.365 e. The summed E-state index contributed by atoms with van der Waals surface area (Å²) in [6.45, 7) is 0. The van der Waals surface area contributed by atoms with Crippen molar-refractivity contribution in [2.24, 2.45) is 0 Å². The minimum Gasteiger partial charge on any atom is -0.365 e. The van der Waals surface area contributed by atoms with Crippen molar-refractivity contribution in [2.75, 3.05) is 19.4 Å². The van der Waals surface area contributed by atoms with Gasteiger partial charge in [-0.05, 0) is 12.8 Å². The molecule has 1 aromatic rings. The molecule has 0 aliphatic heterocycles. The third-order valence-corrected chi connectivity index (χ3v) is 3.25. The summed E-state index contributed by atoms with van der Waals surface area (Å²) in [4.78, 5) is 21.9. The van der Waals surface area contributed by atoms with Crippen LogP contribution in [0, 0.1) is 0 Å². The highest BCUT2D eigenvalue weighted by Crippen LogP contribution is 2.22. The monoisotopic (exact) mass is 248 g/mol. The number of hydrogen-bond acceptors (Lipinski definition) is 4. The van der Waals surface area contributed by atoms with Gasteiger partial charge in [-0.25, -0.2) is 9.97 Å². The van der Waals surface area contributed by atoms with Gasteiger partial charge in [0.25, 0.3) is 5.91 Å². The average molecular weight is 248 g/mol. The highest BCUT2D eigenvalue weighted by molar-refractivity contribution is 5.96. The summed E-state index contributed by atoms with van der Waals surface area (Å²) in [6, 6.07) is 0.421. The molecule has 18 heavy (non-hydrogen) atoms. The van der Waals surface area contributed by atoms with Crippen LogP contribution in [0.5, 0.6) is 0 Å². The fourth-order valence-corrected chi connectivity index (χ4v) is 2.25. The molecule has 1 N–H and O–H groups in total. The molecule has 2 rings (SSSR count). The predicted molar refractivity (Wildman–Crippen MR) is 70.5 cm³/mol. The molecule has 1 aliphatic rings. The van der Waals surface area contributed by atoms with Gasteiger partial charge in [-0.1, -0.05) is 19.3 Å². The Morgan fingerprint density at radius 1 is 1.22 bits per heavy atom. The number of carbonyl (C=O) groups is 1. The molecule has 5 heteroatoms. The molecule has 0 atom stereocenters. The Kier molecular flexibility index (Phi) is 4.12. The van der Waals surface area contributed by atoms with E-state index in [4.69, 9.17) is 0 Å². The maximum atomic E-state index is 12.0. The lowest BCUT2D eigenvalue weighted by Gasteiger charge is -2.24. The van der Waals surface area contributed by atoms with E-state index in [0.717, 1.165) is 12.8 Å². The summed E-state index contributed by atoms with van der Waals surface area (Å²) >= 11 is 0. The maximum absolute atomic E-state index is 12.0. The van der Waals surface area contributed by atoms with E-state index in [0.29, 0.717) is 17.6 Å². The Hall–Kier alpha value is -1.65. The zero-order valence-electron chi connectivity index (χ0n) is 11.0. The highest BCUT2D eigenvalue weighted by atomic mass is 16.2. The summed E-state index contributed by atoms with van der Waals surface area (Å²) in [7, 11) is 3.45. The predicted octanol–water partition coefficient (Wildman–Crippen LogP) is 1.92. The maximum Gasteiger partial charge on any atom is 0.275 e. The number of amides is 1. The van der Waals surface area contributed by atoms with E-state index in [1.165, 1.54) is 24.2 Å². The molecule has 0 unspecified atom stereocenters. The van der Waals surface area contributed by atoms with Crippen LogP contribution in [0.2, 0.25) is 0 Å². The van der Waals surface area contributed by atoms with Crippen LogP contribution < -0.4 is 5.32 Å². The SMILES string of the molecule is CN(C)C(=O)c1nccnc1NC1CCCCC1. The molecular formula is C13H20N4O. The first-order chi connectivity index (χ1) is 8.68. The van der Waals surface area contributed by atoms with Crippen molar-refractivity contribution in [3.8, 4) is 0 Å². The van der Waals surface area contributed by atoms with E-state index < -0.39 is 0 Å². The van der Waals surface area contributed by atoms with Gasteiger partial charge in [0.05, 0.1) is 0 Å². The summed E-state index contributed by atoms with van der Waals surface area (Å²) in [6.07, 6.45) is 9.27. The Labute approximate surface area is 108 Å². The van der Waals surface area contributed by atoms with Gasteiger partial charge < -0.3 is 10.2 Å². The van der Waals surface area contributed by atoms with Crippen LogP contribution in [0.15, 0.2) is 12.4 Å². The Balaban J connectivity index is 2.14. The van der Waals surface area contributed by atoms with Crippen molar-refractivity contribution in [2.45, 2.75) is 38.1 Å². The van der Waals surface area contributed by atoms with Crippen LogP contribution in [0.3, 0.4) is 0 Å². The second-order valence-electron chi connectivity index (χ2n) is 4.93. The molecule has 1 saturated carbocycles. The van der Waals surface area contributed by atoms with Crippen molar-refractivity contribution in [1.29, 1.82) is 0 Å². The molecule has 1 amide bonds. The Bertz CT molecular complexity index is 413. The standard InChI is InChI=1S/C13H20N4O/c1-17(2)13(18)11-12(15-9-8-14-11)16-10-6-4-3-5-7-10/h8-10H,3-7H2,1-2H3,(H,15,16). The lowest BCUT2D eigenvalue weighted by Crippen LogP contribution is -2.28. The Morgan fingerprint density at radius 3 is 2.56 bits per heavy atom. The normalized spacial score (nSPS) is 16.3. The topological polar surface area (TPSA) is 58.1 Å². The summed E-state index contributed by atoms with van der Waals surface area (Å²) in [5.74, 6) is 0.504. The molecule has 1 aromatic heterocycles. The number of rotatable bonds is 3. The van der Waals surface area contributed by atoms with Crippen molar-refractivity contribution in [3.63, 3.8) is 0 Å². The minimum atomic E-state index is -0.110. The summed E-state index contributed by atoms with van der Waals surface area (Å²) in [5.41, 5.74) is 0.410. The zero-order chi connectivity index (χ0) is 13.0. The second kappa shape index (κ2) is 5.80. The zero-order valence-corrected chi connectivity index (χ0v) is 11.0. The van der Waals surface area contributed by atoms with E-state index in [2.05, 4.69) is 15.3 Å². The van der Waals surface area contributed by atoms with Crippen LogP contribution in [0.25, 0.3) is 0 Å². The fraction of sp³-hybridized carbons (Fsp3) is 0.615. The molecule has 1 heterocycles. The molecule has 98 valence electrons. The lowest BCUT2D eigenvalue weighted by molar-refractivity contribution is 0.0822. The number of aromatic nitrogens is 2. The number of nitrogens with zero attached hydrogens (tertiary/aromatic N) is 3. The van der Waals surface area contributed by atoms with Crippen LogP contribution >= 0.6 is 0 Å². The summed E-state index contributed by atoms with van der Waals surface area (Å²) in [5, 5.41) is 3.36. The van der Waals surface area contributed by atoms with Gasteiger partial charge in [0.1, 0.15) is 0 Å². The first kappa shape index (κ1) is 12.8. The molecule has 0 aromatic carbocycles. The van der Waals surface area contributed by atoms with Crippen molar-refractivity contribution in [1.82, 2.24) is 14.9 Å². The average Bonchev–Trinajstić information content (AvgIpc) is 2.39. The van der Waals surface area contributed by atoms with Crippen molar-refractivity contribution >= 4 is 11.7 Å². The van der Waals surface area contributed by atoms with Gasteiger partial charge in [0.15, 0.2) is 11.5 Å². The number of carbonyl (C=O) groups excluding carboxylic acids is 1. The second-order valence-corrected chi connectivity index (χ2v) is 4.93. The van der Waals surface area contributed by atoms with Gasteiger partial charge >= 0.3 is 0 Å². The lowest BCUT2D eigenvalue weighted by atomic mass is 9.95. The summed E-state index contributed by atoms with van der Waals surface area (Å²) < 4.78 is 0. The van der Waals surface area contributed by atoms with Gasteiger partial charge in [-0.3, -0.25) is 4.79 Å². The van der Waals surface area contributed by atoms with Crippen molar-refractivity contribution in [3.05, 3.63) is 18.1 Å². The molecule has 0 saturated heterocycles. The van der Waals surface area contributed by atoms with E-state index in [1.54, 1.807) is 26.5 Å². The van der Waals surface area contributed by atoms with Gasteiger partial charge in [0, 0.05) is 32.5 Å². The van der Waals surface area contributed by atoms with E-state index in [9.17, 15) is 4.79 Å². The van der Waals surface area contributed by atoms with Crippen LogP contribution in [0.1, 0.15) is 42.6 Å². The van der Waals surface area contributed by atoms with Crippen LogP contribution in [-0.4, -0.2) is 40.9 Å². The third kappa shape index (κ3) is 2.97. The number of nitrogens with one attached hydrogen (secondary N) is 1. The first-order valence-electron chi connectivity index (χ1n) is 6.47. The van der Waals surface area contributed by atoms with Crippen LogP contribution in [-0.2, 0) is 0 Å². The fourth-order valence-electron chi connectivity index (χ4n) is 2.25. The molecular weight excluding hydrogens is 228 g/mol. The number of hydrogen-bond donors (Lipinski definition) is 1. The highest BCUT2D eigenvalue weighted by Gasteiger charge is 2.19. The first-order valence-corrected chi connectivity index (χ1v) is 6.47. The van der Waals surface area contributed by atoms with E-state index >= 15 is 0 Å². The molecule has 5 nitrogen and oxygen atoms in total. The number of anilines is 1. The molecule has 0 radical (unpaired) electrons. The molecule has 0 spiro atoms. The Morgan fingerprint density at radius 2 is 1.89 bits per heavy atom. The minimum absolute atomic E-state index is 0.110. The van der Waals surface area contributed by atoms with Crippen LogP contribution in [0.4, 0.5) is 5.82 Å². The van der Waals surface area contributed by atoms with Gasteiger partial charge in [-0.15, -0.1) is 0 Å². The molecule has 0 bridgehead atoms. The molecule has 1 fully saturated rings. The van der Waals surface area contributed by atoms with Gasteiger partial charge in [0.2, 0.25) is 0 Å². The van der Waals surface area contributed by atoms with Crippen molar-refractivity contribution < 1.29 is 4.79 Å². The van der Waals surface area contributed by atoms with Gasteiger partial charge in [-0.2, -0.15) is 0 Å². The quantitative estimate of drug-likeness (QED) is 0.888. The third-order valence-electron chi connectivity index (χ3n) is 3.25.